The zero-order chi connectivity index (χ0) is 11.5. The van der Waals surface area contributed by atoms with E-state index in [2.05, 4.69) is 10.2 Å². The summed E-state index contributed by atoms with van der Waals surface area (Å²) < 4.78 is 2.51. The number of hydrogen-bond acceptors (Lipinski definition) is 3. The van der Waals surface area contributed by atoms with E-state index in [0.29, 0.717) is 11.2 Å². The molecule has 0 aliphatic heterocycles. The predicted molar refractivity (Wildman–Crippen MR) is 66.1 cm³/mol. The summed E-state index contributed by atoms with van der Waals surface area (Å²) in [6.07, 6.45) is 0.696. The van der Waals surface area contributed by atoms with E-state index >= 15 is 0 Å². The van der Waals surface area contributed by atoms with Gasteiger partial charge < -0.3 is 5.73 Å². The van der Waals surface area contributed by atoms with Gasteiger partial charge in [-0.15, -0.1) is 0 Å². The van der Waals surface area contributed by atoms with Gasteiger partial charge in [0.1, 0.15) is 5.82 Å². The van der Waals surface area contributed by atoms with Crippen LogP contribution in [0.3, 0.4) is 0 Å². The van der Waals surface area contributed by atoms with Crippen LogP contribution in [0.25, 0.3) is 5.69 Å². The van der Waals surface area contributed by atoms with Crippen LogP contribution in [0.15, 0.2) is 30.3 Å². The Morgan fingerprint density at radius 2 is 2.12 bits per heavy atom. The average Bonchev–Trinajstić information content (AvgIpc) is 2.60. The topological polar surface area (TPSA) is 59.6 Å². The molecule has 0 radical (unpaired) electrons. The van der Waals surface area contributed by atoms with Gasteiger partial charge in [0, 0.05) is 18.2 Å². The number of para-hydroxylation sites is 1. The number of H-pyrrole nitrogens is 1. The van der Waals surface area contributed by atoms with Gasteiger partial charge in [0.15, 0.2) is 4.77 Å². The van der Waals surface area contributed by atoms with Crippen molar-refractivity contribution in [3.05, 3.63) is 40.9 Å². The fourth-order valence-corrected chi connectivity index (χ4v) is 1.85. The summed E-state index contributed by atoms with van der Waals surface area (Å²) in [6.45, 7) is 1.95. The number of nitrogens with one attached hydrogen (secondary N) is 1. The third kappa shape index (κ3) is 2.20. The molecule has 1 heterocycles. The Hall–Kier alpha value is -1.46. The van der Waals surface area contributed by atoms with E-state index in [1.165, 1.54) is 0 Å². The first kappa shape index (κ1) is 11.0. The number of aromatic amines is 1. The molecular weight excluding hydrogens is 220 g/mol. The third-order valence-corrected chi connectivity index (χ3v) is 2.53. The van der Waals surface area contributed by atoms with Crippen LogP contribution in [0.2, 0.25) is 0 Å². The van der Waals surface area contributed by atoms with Gasteiger partial charge in [-0.25, -0.2) is 0 Å². The van der Waals surface area contributed by atoms with Crippen LogP contribution in [-0.2, 0) is 6.42 Å². The van der Waals surface area contributed by atoms with Crippen molar-refractivity contribution < 1.29 is 0 Å². The summed E-state index contributed by atoms with van der Waals surface area (Å²) in [4.78, 5) is 0. The van der Waals surface area contributed by atoms with Crippen LogP contribution in [0.1, 0.15) is 12.7 Å². The van der Waals surface area contributed by atoms with Crippen LogP contribution >= 0.6 is 12.2 Å². The van der Waals surface area contributed by atoms with Crippen LogP contribution in [0.5, 0.6) is 0 Å². The maximum absolute atomic E-state index is 5.78. The Kier molecular flexibility index (Phi) is 3.17. The highest BCUT2D eigenvalue weighted by Crippen LogP contribution is 2.11. The smallest absolute Gasteiger partial charge is 0.199 e. The Morgan fingerprint density at radius 3 is 2.75 bits per heavy atom. The van der Waals surface area contributed by atoms with Gasteiger partial charge in [0.05, 0.1) is 0 Å². The van der Waals surface area contributed by atoms with E-state index in [1.54, 1.807) is 0 Å². The van der Waals surface area contributed by atoms with E-state index in [4.69, 9.17) is 18.0 Å². The Labute approximate surface area is 99.1 Å². The van der Waals surface area contributed by atoms with Crippen molar-refractivity contribution in [2.24, 2.45) is 5.73 Å². The first-order valence-corrected chi connectivity index (χ1v) is 5.56. The van der Waals surface area contributed by atoms with Crippen molar-refractivity contribution in [3.63, 3.8) is 0 Å². The lowest BCUT2D eigenvalue weighted by Gasteiger charge is -2.08. The normalized spacial score (nSPS) is 12.6. The average molecular weight is 234 g/mol. The first-order valence-electron chi connectivity index (χ1n) is 5.16. The molecule has 0 aliphatic carbocycles. The molecule has 2 rings (SSSR count). The van der Waals surface area contributed by atoms with Gasteiger partial charge >= 0.3 is 0 Å². The predicted octanol–water partition coefficient (Wildman–Crippen LogP) is 1.82. The first-order chi connectivity index (χ1) is 7.68. The third-order valence-electron chi connectivity index (χ3n) is 2.26. The second kappa shape index (κ2) is 4.59. The highest BCUT2D eigenvalue weighted by molar-refractivity contribution is 7.71. The minimum Gasteiger partial charge on any atom is -0.328 e. The summed E-state index contributed by atoms with van der Waals surface area (Å²) in [6, 6.07) is 9.97. The molecule has 0 spiro atoms. The van der Waals surface area contributed by atoms with E-state index in [1.807, 2.05) is 41.8 Å². The lowest BCUT2D eigenvalue weighted by molar-refractivity contribution is 0.688. The number of nitrogens with two attached hydrogens (primary N) is 1. The fraction of sp³-hybridized carbons (Fsp3) is 0.273. The highest BCUT2D eigenvalue weighted by Gasteiger charge is 2.09. The van der Waals surface area contributed by atoms with Gasteiger partial charge in [0.2, 0.25) is 0 Å². The molecule has 0 amide bonds. The quantitative estimate of drug-likeness (QED) is 0.796. The van der Waals surface area contributed by atoms with Crippen molar-refractivity contribution in [1.29, 1.82) is 0 Å². The number of benzene rings is 1. The summed E-state index contributed by atoms with van der Waals surface area (Å²) in [5.41, 5.74) is 6.79. The molecule has 4 nitrogen and oxygen atoms in total. The molecule has 0 saturated heterocycles. The van der Waals surface area contributed by atoms with Crippen LogP contribution in [0, 0.1) is 4.77 Å². The van der Waals surface area contributed by atoms with E-state index in [9.17, 15) is 0 Å². The van der Waals surface area contributed by atoms with Crippen molar-refractivity contribution in [1.82, 2.24) is 14.8 Å². The van der Waals surface area contributed by atoms with E-state index in [0.717, 1.165) is 11.5 Å². The molecule has 0 saturated carbocycles. The summed E-state index contributed by atoms with van der Waals surface area (Å²) in [5, 5.41) is 7.00. The second-order valence-electron chi connectivity index (χ2n) is 3.80. The monoisotopic (exact) mass is 234 g/mol. The highest BCUT2D eigenvalue weighted by atomic mass is 32.1. The van der Waals surface area contributed by atoms with Gasteiger partial charge in [-0.2, -0.15) is 5.10 Å². The second-order valence-corrected chi connectivity index (χ2v) is 4.18. The minimum atomic E-state index is 0.0627. The Balaban J connectivity index is 2.48. The summed E-state index contributed by atoms with van der Waals surface area (Å²) in [5.74, 6) is 0.867. The Bertz CT molecular complexity index is 512. The zero-order valence-electron chi connectivity index (χ0n) is 9.05. The molecule has 0 fully saturated rings. The number of hydrogen-bond donors (Lipinski definition) is 2. The molecule has 5 heteroatoms. The van der Waals surface area contributed by atoms with Crippen molar-refractivity contribution in [2.75, 3.05) is 0 Å². The molecular formula is C11H14N4S. The summed E-state index contributed by atoms with van der Waals surface area (Å²) >= 11 is 5.21. The molecule has 84 valence electrons. The van der Waals surface area contributed by atoms with Gasteiger partial charge in [-0.05, 0) is 31.3 Å². The largest absolute Gasteiger partial charge is 0.328 e. The molecule has 16 heavy (non-hydrogen) atoms. The van der Waals surface area contributed by atoms with Crippen LogP contribution < -0.4 is 5.73 Å². The van der Waals surface area contributed by atoms with Gasteiger partial charge in [-0.3, -0.25) is 9.67 Å². The fourth-order valence-electron chi connectivity index (χ4n) is 1.60. The van der Waals surface area contributed by atoms with E-state index < -0.39 is 0 Å². The van der Waals surface area contributed by atoms with Crippen molar-refractivity contribution in [3.8, 4) is 5.69 Å². The molecule has 3 N–H and O–H groups in total. The van der Waals surface area contributed by atoms with Gasteiger partial charge in [0.25, 0.3) is 0 Å². The van der Waals surface area contributed by atoms with Crippen LogP contribution in [-0.4, -0.2) is 20.8 Å². The molecule has 2 aromatic rings. The molecule has 1 aromatic heterocycles. The number of rotatable bonds is 3. The number of nitrogens with zero attached hydrogens (tertiary/aromatic N) is 2. The van der Waals surface area contributed by atoms with E-state index in [-0.39, 0.29) is 6.04 Å². The number of aromatic nitrogens is 3. The molecule has 1 unspecified atom stereocenters. The lowest BCUT2D eigenvalue weighted by atomic mass is 10.2. The standard InChI is InChI=1S/C11H14N4S/c1-8(12)7-10-13-14-11(16)15(10)9-5-3-2-4-6-9/h2-6,8H,7,12H2,1H3,(H,14,16). The molecule has 1 atom stereocenters. The molecule has 1 aromatic carbocycles. The lowest BCUT2D eigenvalue weighted by Crippen LogP contribution is -2.20. The molecule has 0 bridgehead atoms. The van der Waals surface area contributed by atoms with Crippen molar-refractivity contribution >= 4 is 12.2 Å². The zero-order valence-corrected chi connectivity index (χ0v) is 9.87. The molecule has 0 aliphatic rings. The SMILES string of the molecule is CC(N)Cc1n[nH]c(=S)n1-c1ccccc1. The minimum absolute atomic E-state index is 0.0627. The van der Waals surface area contributed by atoms with Gasteiger partial charge in [-0.1, -0.05) is 18.2 Å². The van der Waals surface area contributed by atoms with Crippen molar-refractivity contribution in [2.45, 2.75) is 19.4 Å². The summed E-state index contributed by atoms with van der Waals surface area (Å²) in [7, 11) is 0. The maximum Gasteiger partial charge on any atom is 0.199 e. The maximum atomic E-state index is 5.78. The van der Waals surface area contributed by atoms with Crippen LogP contribution in [0.4, 0.5) is 0 Å². The Morgan fingerprint density at radius 1 is 1.44 bits per heavy atom.